The SMILES string of the molecule is COc1ccccc1C(C)(C)NC(=O)c1c(C)coc1CC(=O)O. The minimum atomic E-state index is -1.05. The van der Waals surface area contributed by atoms with Gasteiger partial charge in [-0.05, 0) is 26.8 Å². The summed E-state index contributed by atoms with van der Waals surface area (Å²) in [6.07, 6.45) is 1.05. The summed E-state index contributed by atoms with van der Waals surface area (Å²) in [5.41, 5.74) is 0.968. The van der Waals surface area contributed by atoms with Gasteiger partial charge in [0.2, 0.25) is 0 Å². The van der Waals surface area contributed by atoms with Crippen LogP contribution in [0.1, 0.15) is 41.1 Å². The molecule has 1 heterocycles. The molecule has 0 atom stereocenters. The zero-order chi connectivity index (χ0) is 17.9. The van der Waals surface area contributed by atoms with Gasteiger partial charge in [-0.2, -0.15) is 0 Å². The van der Waals surface area contributed by atoms with Gasteiger partial charge in [0.15, 0.2) is 0 Å². The number of carbonyl (C=O) groups excluding carboxylic acids is 1. The number of ether oxygens (including phenoxy) is 1. The van der Waals surface area contributed by atoms with E-state index in [-0.39, 0.29) is 23.7 Å². The highest BCUT2D eigenvalue weighted by molar-refractivity contribution is 5.98. The molecular weight excluding hydrogens is 310 g/mol. The van der Waals surface area contributed by atoms with Crippen molar-refractivity contribution in [1.29, 1.82) is 0 Å². The van der Waals surface area contributed by atoms with Crippen LogP contribution in [0.25, 0.3) is 0 Å². The molecule has 0 aliphatic rings. The van der Waals surface area contributed by atoms with E-state index in [1.165, 1.54) is 6.26 Å². The molecule has 2 aromatic rings. The van der Waals surface area contributed by atoms with Gasteiger partial charge in [0.25, 0.3) is 5.91 Å². The number of furan rings is 1. The van der Waals surface area contributed by atoms with Crippen LogP contribution in [-0.4, -0.2) is 24.1 Å². The monoisotopic (exact) mass is 331 g/mol. The maximum Gasteiger partial charge on any atom is 0.311 e. The molecule has 0 radical (unpaired) electrons. The number of hydrogen-bond donors (Lipinski definition) is 2. The van der Waals surface area contributed by atoms with Crippen molar-refractivity contribution < 1.29 is 23.8 Å². The third-order valence-corrected chi connectivity index (χ3v) is 3.80. The van der Waals surface area contributed by atoms with Gasteiger partial charge in [-0.25, -0.2) is 0 Å². The number of methoxy groups -OCH3 is 1. The Labute approximate surface area is 140 Å². The van der Waals surface area contributed by atoms with E-state index in [9.17, 15) is 9.59 Å². The number of para-hydroxylation sites is 1. The highest BCUT2D eigenvalue weighted by Gasteiger charge is 2.29. The Balaban J connectivity index is 2.32. The molecule has 128 valence electrons. The van der Waals surface area contributed by atoms with Crippen LogP contribution in [0.2, 0.25) is 0 Å². The van der Waals surface area contributed by atoms with E-state index < -0.39 is 11.5 Å². The van der Waals surface area contributed by atoms with Crippen LogP contribution < -0.4 is 10.1 Å². The summed E-state index contributed by atoms with van der Waals surface area (Å²) in [6, 6.07) is 7.41. The Morgan fingerprint density at radius 3 is 2.58 bits per heavy atom. The van der Waals surface area contributed by atoms with Gasteiger partial charge >= 0.3 is 5.97 Å². The third-order valence-electron chi connectivity index (χ3n) is 3.80. The van der Waals surface area contributed by atoms with Crippen LogP contribution >= 0.6 is 0 Å². The number of hydrogen-bond acceptors (Lipinski definition) is 4. The smallest absolute Gasteiger partial charge is 0.311 e. The lowest BCUT2D eigenvalue weighted by atomic mass is 9.92. The lowest BCUT2D eigenvalue weighted by molar-refractivity contribution is -0.136. The van der Waals surface area contributed by atoms with Crippen LogP contribution in [-0.2, 0) is 16.8 Å². The highest BCUT2D eigenvalue weighted by Crippen LogP contribution is 2.30. The molecule has 6 nitrogen and oxygen atoms in total. The van der Waals surface area contributed by atoms with Gasteiger partial charge in [0, 0.05) is 11.1 Å². The van der Waals surface area contributed by atoms with Crippen LogP contribution in [0.4, 0.5) is 0 Å². The Morgan fingerprint density at radius 1 is 1.29 bits per heavy atom. The first-order valence-corrected chi connectivity index (χ1v) is 7.51. The zero-order valence-electron chi connectivity index (χ0n) is 14.2. The average Bonchev–Trinajstić information content (AvgIpc) is 2.86. The van der Waals surface area contributed by atoms with E-state index in [0.29, 0.717) is 11.3 Å². The molecule has 0 aliphatic heterocycles. The Morgan fingerprint density at radius 2 is 1.96 bits per heavy atom. The molecule has 0 saturated carbocycles. The molecule has 24 heavy (non-hydrogen) atoms. The van der Waals surface area contributed by atoms with E-state index in [2.05, 4.69) is 5.32 Å². The molecule has 0 bridgehead atoms. The Hall–Kier alpha value is -2.76. The molecular formula is C18H21NO5. The molecule has 0 spiro atoms. The van der Waals surface area contributed by atoms with Crippen molar-refractivity contribution in [1.82, 2.24) is 5.32 Å². The fourth-order valence-electron chi connectivity index (χ4n) is 2.65. The molecule has 1 aromatic heterocycles. The molecule has 2 rings (SSSR count). The van der Waals surface area contributed by atoms with Gasteiger partial charge in [-0.15, -0.1) is 0 Å². The lowest BCUT2D eigenvalue weighted by Gasteiger charge is -2.28. The van der Waals surface area contributed by atoms with Gasteiger partial charge in [-0.3, -0.25) is 9.59 Å². The summed E-state index contributed by atoms with van der Waals surface area (Å²) in [5.74, 6) is -0.624. The number of aliphatic carboxylic acids is 1. The third kappa shape index (κ3) is 3.59. The average molecular weight is 331 g/mol. The first-order chi connectivity index (χ1) is 11.3. The topological polar surface area (TPSA) is 88.8 Å². The quantitative estimate of drug-likeness (QED) is 0.849. The first kappa shape index (κ1) is 17.6. The Bertz CT molecular complexity index is 761. The second kappa shape index (κ2) is 6.78. The van der Waals surface area contributed by atoms with Gasteiger partial charge < -0.3 is 19.6 Å². The summed E-state index contributed by atoms with van der Waals surface area (Å²) in [5, 5.41) is 11.9. The molecule has 1 aromatic carbocycles. The van der Waals surface area contributed by atoms with Gasteiger partial charge in [0.1, 0.15) is 17.9 Å². The van der Waals surface area contributed by atoms with Crippen LogP contribution in [0.3, 0.4) is 0 Å². The maximum absolute atomic E-state index is 12.7. The van der Waals surface area contributed by atoms with Crippen molar-refractivity contribution in [2.24, 2.45) is 0 Å². The minimum Gasteiger partial charge on any atom is -0.496 e. The largest absolute Gasteiger partial charge is 0.496 e. The number of amides is 1. The van der Waals surface area contributed by atoms with Crippen molar-refractivity contribution in [3.8, 4) is 5.75 Å². The molecule has 0 fully saturated rings. The van der Waals surface area contributed by atoms with E-state index in [0.717, 1.165) is 5.56 Å². The van der Waals surface area contributed by atoms with Crippen LogP contribution in [0, 0.1) is 6.92 Å². The van der Waals surface area contributed by atoms with E-state index in [1.54, 1.807) is 14.0 Å². The van der Waals surface area contributed by atoms with Crippen molar-refractivity contribution >= 4 is 11.9 Å². The predicted molar refractivity (Wildman–Crippen MR) is 88.3 cm³/mol. The summed E-state index contributed by atoms with van der Waals surface area (Å²) in [7, 11) is 1.57. The number of carboxylic acid groups (broad SMARTS) is 1. The van der Waals surface area contributed by atoms with Crippen LogP contribution in [0.5, 0.6) is 5.75 Å². The predicted octanol–water partition coefficient (Wildman–Crippen LogP) is 2.89. The number of carboxylic acids is 1. The number of aryl methyl sites for hydroxylation is 1. The second-order valence-corrected chi connectivity index (χ2v) is 6.07. The van der Waals surface area contributed by atoms with Gasteiger partial charge in [-0.1, -0.05) is 18.2 Å². The van der Waals surface area contributed by atoms with Crippen molar-refractivity contribution in [2.45, 2.75) is 32.7 Å². The normalized spacial score (nSPS) is 11.2. The molecule has 0 aliphatic carbocycles. The summed E-state index contributed by atoms with van der Waals surface area (Å²) < 4.78 is 10.6. The van der Waals surface area contributed by atoms with E-state index in [4.69, 9.17) is 14.3 Å². The molecule has 1 amide bonds. The molecule has 6 heteroatoms. The fraction of sp³-hybridized carbons (Fsp3) is 0.333. The summed E-state index contributed by atoms with van der Waals surface area (Å²) in [6.45, 7) is 5.42. The fourth-order valence-corrected chi connectivity index (χ4v) is 2.65. The van der Waals surface area contributed by atoms with Gasteiger partial charge in [0.05, 0.1) is 24.5 Å². The molecule has 0 unspecified atom stereocenters. The van der Waals surface area contributed by atoms with Crippen molar-refractivity contribution in [2.75, 3.05) is 7.11 Å². The van der Waals surface area contributed by atoms with Crippen molar-refractivity contribution in [3.05, 3.63) is 53.0 Å². The molecule has 0 saturated heterocycles. The number of carbonyl (C=O) groups is 2. The van der Waals surface area contributed by atoms with E-state index in [1.807, 2.05) is 38.1 Å². The first-order valence-electron chi connectivity index (χ1n) is 7.51. The molecule has 2 N–H and O–H groups in total. The van der Waals surface area contributed by atoms with Crippen molar-refractivity contribution in [3.63, 3.8) is 0 Å². The standard InChI is InChI=1S/C18H21NO5/c1-11-10-24-14(9-15(20)21)16(11)17(22)19-18(2,3)12-7-5-6-8-13(12)23-4/h5-8,10H,9H2,1-4H3,(H,19,22)(H,20,21). The van der Waals surface area contributed by atoms with E-state index >= 15 is 0 Å². The highest BCUT2D eigenvalue weighted by atomic mass is 16.5. The van der Waals surface area contributed by atoms with Crippen LogP contribution in [0.15, 0.2) is 34.9 Å². The second-order valence-electron chi connectivity index (χ2n) is 6.07. The Kier molecular flexibility index (Phi) is 4.97. The number of benzene rings is 1. The zero-order valence-corrected chi connectivity index (χ0v) is 14.2. The maximum atomic E-state index is 12.7. The number of nitrogens with one attached hydrogen (secondary N) is 1. The summed E-state index contributed by atoms with van der Waals surface area (Å²) in [4.78, 5) is 23.6. The minimum absolute atomic E-state index is 0.147. The number of rotatable bonds is 6. The lowest BCUT2D eigenvalue weighted by Crippen LogP contribution is -2.41. The summed E-state index contributed by atoms with van der Waals surface area (Å²) >= 11 is 0.